The van der Waals surface area contributed by atoms with Crippen LogP contribution in [0.1, 0.15) is 39.1 Å². The maximum atomic E-state index is 13.1. The lowest BCUT2D eigenvalue weighted by Gasteiger charge is -2.22. The molecule has 0 bridgehead atoms. The molecule has 0 saturated heterocycles. The van der Waals surface area contributed by atoms with Crippen molar-refractivity contribution in [2.24, 2.45) is 0 Å². The van der Waals surface area contributed by atoms with Gasteiger partial charge in [0.25, 0.3) is 5.91 Å². The van der Waals surface area contributed by atoms with Crippen LogP contribution in [-0.2, 0) is 6.54 Å². The van der Waals surface area contributed by atoms with Crippen LogP contribution >= 0.6 is 11.3 Å². The van der Waals surface area contributed by atoms with Gasteiger partial charge >= 0.3 is 0 Å². The first-order chi connectivity index (χ1) is 15.5. The Morgan fingerprint density at radius 1 is 1.22 bits per heavy atom. The first-order valence-corrected chi connectivity index (χ1v) is 11.7. The van der Waals surface area contributed by atoms with Crippen molar-refractivity contribution in [1.29, 1.82) is 0 Å². The number of aromatic nitrogens is 2. The number of rotatable bonds is 8. The smallest absolute Gasteiger partial charge is 0.259 e. The van der Waals surface area contributed by atoms with E-state index in [0.717, 1.165) is 30.8 Å². The number of hydrogen-bond donors (Lipinski definition) is 1. The molecule has 1 aliphatic heterocycles. The summed E-state index contributed by atoms with van der Waals surface area (Å²) in [5.41, 5.74) is 1.62. The lowest BCUT2D eigenvalue weighted by atomic mass is 10.1. The molecule has 0 spiro atoms. The molecule has 2 aromatic heterocycles. The number of carbonyl (C=O) groups is 1. The Kier molecular flexibility index (Phi) is 7.02. The fourth-order valence-corrected chi connectivity index (χ4v) is 4.56. The molecule has 0 unspecified atom stereocenters. The minimum absolute atomic E-state index is 0.0241. The summed E-state index contributed by atoms with van der Waals surface area (Å²) < 4.78 is 6.29. The van der Waals surface area contributed by atoms with Gasteiger partial charge in [-0.2, -0.15) is 0 Å². The standard InChI is InChI=1S/C24H29N5O2S/c1-17-26-15-20-23(27-17)28(3)12-13-29(24(20)30)16-18-6-8-19(9-7-18)31-21(10-11-25-2)22-5-4-14-32-22/h4-9,14-15,21,25H,10-13,16H2,1-3H3/t21-/m1/s1. The quantitative estimate of drug-likeness (QED) is 0.564. The molecule has 0 saturated carbocycles. The van der Waals surface area contributed by atoms with Crippen molar-refractivity contribution >= 4 is 23.1 Å². The Labute approximate surface area is 193 Å². The second kappa shape index (κ2) is 10.1. The molecular weight excluding hydrogens is 422 g/mol. The van der Waals surface area contributed by atoms with Crippen LogP contribution < -0.4 is 15.0 Å². The molecule has 3 aromatic rings. The van der Waals surface area contributed by atoms with Crippen molar-refractivity contribution in [2.75, 3.05) is 38.6 Å². The van der Waals surface area contributed by atoms with E-state index in [0.29, 0.717) is 30.3 Å². The Morgan fingerprint density at radius 3 is 2.75 bits per heavy atom. The van der Waals surface area contributed by atoms with E-state index in [1.807, 2.05) is 55.1 Å². The Hall–Kier alpha value is -2.97. The maximum absolute atomic E-state index is 13.1. The lowest BCUT2D eigenvalue weighted by Crippen LogP contribution is -2.33. The highest BCUT2D eigenvalue weighted by molar-refractivity contribution is 7.10. The molecule has 4 rings (SSSR count). The second-order valence-electron chi connectivity index (χ2n) is 7.96. The van der Waals surface area contributed by atoms with Crippen LogP contribution in [0.15, 0.2) is 48.0 Å². The highest BCUT2D eigenvalue weighted by atomic mass is 32.1. The maximum Gasteiger partial charge on any atom is 0.259 e. The third-order valence-electron chi connectivity index (χ3n) is 5.57. The van der Waals surface area contributed by atoms with Gasteiger partial charge in [0, 0.05) is 44.2 Å². The first-order valence-electron chi connectivity index (χ1n) is 10.8. The minimum Gasteiger partial charge on any atom is -0.485 e. The third kappa shape index (κ3) is 5.08. The normalized spacial score (nSPS) is 14.8. The molecule has 0 aliphatic carbocycles. The van der Waals surface area contributed by atoms with Gasteiger partial charge in [0.2, 0.25) is 0 Å². The fourth-order valence-electron chi connectivity index (χ4n) is 3.77. The van der Waals surface area contributed by atoms with Gasteiger partial charge in [-0.1, -0.05) is 18.2 Å². The Bertz CT molecular complexity index is 1040. The number of amides is 1. The van der Waals surface area contributed by atoms with Gasteiger partial charge in [-0.15, -0.1) is 11.3 Å². The van der Waals surface area contributed by atoms with Gasteiger partial charge in [-0.05, 0) is 49.7 Å². The molecule has 32 heavy (non-hydrogen) atoms. The largest absolute Gasteiger partial charge is 0.485 e. The number of nitrogens with zero attached hydrogens (tertiary/aromatic N) is 4. The van der Waals surface area contributed by atoms with Crippen LogP contribution in [0.3, 0.4) is 0 Å². The molecule has 3 heterocycles. The molecule has 8 heteroatoms. The highest BCUT2D eigenvalue weighted by Gasteiger charge is 2.26. The molecule has 168 valence electrons. The van der Waals surface area contributed by atoms with Gasteiger partial charge in [0.1, 0.15) is 29.1 Å². The average molecular weight is 452 g/mol. The number of hydrogen-bond acceptors (Lipinski definition) is 7. The summed E-state index contributed by atoms with van der Waals surface area (Å²) in [6.07, 6.45) is 2.56. The predicted octanol–water partition coefficient (Wildman–Crippen LogP) is 3.67. The Morgan fingerprint density at radius 2 is 2.03 bits per heavy atom. The number of likely N-dealkylation sites (N-methyl/N-ethyl adjacent to an activating group) is 1. The summed E-state index contributed by atoms with van der Waals surface area (Å²) in [5, 5.41) is 5.28. The van der Waals surface area contributed by atoms with Crippen molar-refractivity contribution < 1.29 is 9.53 Å². The molecule has 0 radical (unpaired) electrons. The number of anilines is 1. The number of carbonyl (C=O) groups excluding carboxylic acids is 1. The zero-order valence-electron chi connectivity index (χ0n) is 18.7. The molecule has 7 nitrogen and oxygen atoms in total. The van der Waals surface area contributed by atoms with Gasteiger partial charge in [0.15, 0.2) is 0 Å². The van der Waals surface area contributed by atoms with Gasteiger partial charge in [-0.3, -0.25) is 4.79 Å². The molecule has 1 aromatic carbocycles. The van der Waals surface area contributed by atoms with Crippen molar-refractivity contribution in [3.8, 4) is 5.75 Å². The van der Waals surface area contributed by atoms with Crippen LogP contribution in [0.5, 0.6) is 5.75 Å². The van der Waals surface area contributed by atoms with E-state index in [4.69, 9.17) is 4.74 Å². The van der Waals surface area contributed by atoms with E-state index in [1.54, 1.807) is 17.5 Å². The topological polar surface area (TPSA) is 70.6 Å². The van der Waals surface area contributed by atoms with E-state index >= 15 is 0 Å². The molecule has 1 aliphatic rings. The first kappa shape index (κ1) is 22.2. The van der Waals surface area contributed by atoms with E-state index in [9.17, 15) is 4.79 Å². The molecule has 1 amide bonds. The van der Waals surface area contributed by atoms with E-state index in [-0.39, 0.29) is 12.0 Å². The van der Waals surface area contributed by atoms with Crippen molar-refractivity contribution in [3.05, 3.63) is 69.8 Å². The lowest BCUT2D eigenvalue weighted by molar-refractivity contribution is 0.0754. The number of ether oxygens (including phenoxy) is 1. The second-order valence-corrected chi connectivity index (χ2v) is 8.94. The summed E-state index contributed by atoms with van der Waals surface area (Å²) in [4.78, 5) is 26.9. The van der Waals surface area contributed by atoms with E-state index < -0.39 is 0 Å². The molecule has 1 N–H and O–H groups in total. The monoisotopic (exact) mass is 451 g/mol. The molecule has 0 fully saturated rings. The zero-order valence-corrected chi connectivity index (χ0v) is 19.6. The van der Waals surface area contributed by atoms with Crippen LogP contribution in [0.2, 0.25) is 0 Å². The number of thiophene rings is 1. The van der Waals surface area contributed by atoms with Crippen LogP contribution in [-0.4, -0.2) is 54.5 Å². The van der Waals surface area contributed by atoms with Gasteiger partial charge in [0.05, 0.1) is 0 Å². The average Bonchev–Trinajstić information content (AvgIpc) is 3.31. The van der Waals surface area contributed by atoms with Crippen LogP contribution in [0, 0.1) is 6.92 Å². The summed E-state index contributed by atoms with van der Waals surface area (Å²) in [7, 11) is 3.92. The number of aryl methyl sites for hydroxylation is 1. The molecule has 1 atom stereocenters. The van der Waals surface area contributed by atoms with E-state index in [2.05, 4.69) is 32.8 Å². The number of benzene rings is 1. The highest BCUT2D eigenvalue weighted by Crippen LogP contribution is 2.28. The Balaban J connectivity index is 1.45. The summed E-state index contributed by atoms with van der Waals surface area (Å²) >= 11 is 1.71. The van der Waals surface area contributed by atoms with Gasteiger partial charge in [-0.25, -0.2) is 9.97 Å². The van der Waals surface area contributed by atoms with Crippen molar-refractivity contribution in [2.45, 2.75) is 26.0 Å². The number of nitrogens with one attached hydrogen (secondary N) is 1. The van der Waals surface area contributed by atoms with Crippen molar-refractivity contribution in [1.82, 2.24) is 20.2 Å². The molecular formula is C24H29N5O2S. The van der Waals surface area contributed by atoms with Crippen molar-refractivity contribution in [3.63, 3.8) is 0 Å². The predicted molar refractivity (Wildman–Crippen MR) is 127 cm³/mol. The fraction of sp³-hybridized carbons (Fsp3) is 0.375. The number of fused-ring (bicyclic) bond motifs is 1. The third-order valence-corrected chi connectivity index (χ3v) is 6.53. The van der Waals surface area contributed by atoms with E-state index in [1.165, 1.54) is 4.88 Å². The summed E-state index contributed by atoms with van der Waals surface area (Å²) in [6.45, 7) is 4.62. The van der Waals surface area contributed by atoms with Gasteiger partial charge < -0.3 is 19.9 Å². The van der Waals surface area contributed by atoms with Crippen LogP contribution in [0.4, 0.5) is 5.82 Å². The SMILES string of the molecule is CNCC[C@@H](Oc1ccc(CN2CCN(C)c3nc(C)ncc3C2=O)cc1)c1cccs1. The zero-order chi connectivity index (χ0) is 22.5. The minimum atomic E-state index is -0.0329. The van der Waals surface area contributed by atoms with Crippen LogP contribution in [0.25, 0.3) is 0 Å². The summed E-state index contributed by atoms with van der Waals surface area (Å²) in [5.74, 6) is 2.17. The summed E-state index contributed by atoms with van der Waals surface area (Å²) in [6, 6.07) is 12.2.